The number of alkyl halides is 3. The van der Waals surface area contributed by atoms with Gasteiger partial charge in [0.2, 0.25) is 3.79 Å². The number of nitrogens with one attached hydrogen (secondary N) is 1. The maximum Gasteiger partial charge on any atom is 0.261 e. The van der Waals surface area contributed by atoms with E-state index in [1.807, 2.05) is 0 Å². The molecule has 0 aromatic carbocycles. The highest BCUT2D eigenvalue weighted by atomic mass is 35.6. The van der Waals surface area contributed by atoms with Gasteiger partial charge in [-0.2, -0.15) is 0 Å². The summed E-state index contributed by atoms with van der Waals surface area (Å²) < 4.78 is -2.03. The van der Waals surface area contributed by atoms with Crippen LogP contribution in [0.3, 0.4) is 0 Å². The molecule has 3 N–H and O–H groups in total. The minimum atomic E-state index is -2.03. The van der Waals surface area contributed by atoms with Crippen LogP contribution in [-0.2, 0) is 9.59 Å². The number of Topliss-reactive ketones (excluding diaryl/α,β-unsaturated/α-hetero) is 1. The van der Waals surface area contributed by atoms with Crippen LogP contribution in [0.2, 0.25) is 0 Å². The van der Waals surface area contributed by atoms with E-state index in [-0.39, 0.29) is 0 Å². The molecular weight excluding hydrogens is 312 g/mol. The summed E-state index contributed by atoms with van der Waals surface area (Å²) in [6, 6.07) is 3.09. The molecule has 0 saturated heterocycles. The lowest BCUT2D eigenvalue weighted by Gasteiger charge is -2.15. The molecule has 1 rings (SSSR count). The van der Waals surface area contributed by atoms with Gasteiger partial charge in [0, 0.05) is 18.1 Å². The SMILES string of the molecule is CC(=O)/C(C(=O)Nc1ccncc1)=C(/N)C(Cl)(Cl)Cl. The Hall–Kier alpha value is -1.30. The van der Waals surface area contributed by atoms with Gasteiger partial charge in [-0.1, -0.05) is 34.8 Å². The first-order chi connectivity index (χ1) is 8.73. The molecule has 0 unspecified atom stereocenters. The van der Waals surface area contributed by atoms with Gasteiger partial charge in [0.15, 0.2) is 5.78 Å². The third-order valence-electron chi connectivity index (χ3n) is 2.09. The molecule has 102 valence electrons. The molecule has 1 amide bonds. The Kier molecular flexibility index (Phi) is 5.17. The van der Waals surface area contributed by atoms with Gasteiger partial charge in [-0.05, 0) is 19.1 Å². The number of amides is 1. The third kappa shape index (κ3) is 4.38. The molecule has 0 spiro atoms. The molecular formula is C11H10Cl3N3O2. The van der Waals surface area contributed by atoms with Crippen molar-refractivity contribution in [1.29, 1.82) is 0 Å². The van der Waals surface area contributed by atoms with Crippen LogP contribution in [0.5, 0.6) is 0 Å². The van der Waals surface area contributed by atoms with Gasteiger partial charge in [0.05, 0.1) is 5.70 Å². The first-order valence-corrected chi connectivity index (χ1v) is 6.16. The molecule has 0 aliphatic heterocycles. The number of rotatable bonds is 3. The second-order valence-corrected chi connectivity index (χ2v) is 5.81. The van der Waals surface area contributed by atoms with E-state index in [9.17, 15) is 9.59 Å². The van der Waals surface area contributed by atoms with E-state index in [1.54, 1.807) is 12.1 Å². The predicted octanol–water partition coefficient (Wildman–Crippen LogP) is 2.19. The van der Waals surface area contributed by atoms with Crippen molar-refractivity contribution in [2.24, 2.45) is 5.73 Å². The minimum absolute atomic E-state index is 0.392. The first-order valence-electron chi connectivity index (χ1n) is 5.02. The van der Waals surface area contributed by atoms with Crippen LogP contribution in [0.25, 0.3) is 0 Å². The van der Waals surface area contributed by atoms with Gasteiger partial charge >= 0.3 is 0 Å². The topological polar surface area (TPSA) is 85.1 Å². The molecule has 0 aliphatic carbocycles. The molecule has 8 heteroatoms. The number of carbonyl (C=O) groups is 2. The number of aromatic nitrogens is 1. The summed E-state index contributed by atoms with van der Waals surface area (Å²) in [6.45, 7) is 1.16. The van der Waals surface area contributed by atoms with Crippen LogP contribution in [0, 0.1) is 0 Å². The lowest BCUT2D eigenvalue weighted by atomic mass is 10.1. The summed E-state index contributed by atoms with van der Waals surface area (Å²) in [5.41, 5.74) is 5.17. The molecule has 1 aromatic heterocycles. The van der Waals surface area contributed by atoms with Crippen molar-refractivity contribution in [1.82, 2.24) is 4.98 Å². The second-order valence-electron chi connectivity index (χ2n) is 3.53. The molecule has 0 bridgehead atoms. The van der Waals surface area contributed by atoms with Crippen molar-refractivity contribution in [2.45, 2.75) is 10.7 Å². The van der Waals surface area contributed by atoms with Crippen molar-refractivity contribution >= 4 is 52.2 Å². The van der Waals surface area contributed by atoms with Gasteiger partial charge < -0.3 is 11.1 Å². The van der Waals surface area contributed by atoms with Crippen molar-refractivity contribution < 1.29 is 9.59 Å². The van der Waals surface area contributed by atoms with E-state index in [1.165, 1.54) is 12.4 Å². The number of nitrogens with two attached hydrogens (primary N) is 1. The van der Waals surface area contributed by atoms with Crippen LogP contribution in [0.1, 0.15) is 6.92 Å². The fourth-order valence-electron chi connectivity index (χ4n) is 1.24. The summed E-state index contributed by atoms with van der Waals surface area (Å²) in [5, 5.41) is 2.46. The van der Waals surface area contributed by atoms with Gasteiger partial charge in [-0.3, -0.25) is 14.6 Å². The highest BCUT2D eigenvalue weighted by molar-refractivity contribution is 6.69. The maximum absolute atomic E-state index is 12.0. The quantitative estimate of drug-likeness (QED) is 0.387. The molecule has 5 nitrogen and oxygen atoms in total. The lowest BCUT2D eigenvalue weighted by Crippen LogP contribution is -2.28. The van der Waals surface area contributed by atoms with E-state index in [0.717, 1.165) is 6.92 Å². The molecule has 0 fully saturated rings. The van der Waals surface area contributed by atoms with E-state index >= 15 is 0 Å². The first kappa shape index (κ1) is 15.8. The largest absolute Gasteiger partial charge is 0.398 e. The number of hydrogen-bond donors (Lipinski definition) is 2. The smallest absolute Gasteiger partial charge is 0.261 e. The fraction of sp³-hybridized carbons (Fsp3) is 0.182. The molecule has 0 atom stereocenters. The van der Waals surface area contributed by atoms with Crippen LogP contribution in [-0.4, -0.2) is 20.5 Å². The predicted molar refractivity (Wildman–Crippen MR) is 75.1 cm³/mol. The van der Waals surface area contributed by atoms with E-state index in [0.29, 0.717) is 5.69 Å². The average molecular weight is 323 g/mol. The van der Waals surface area contributed by atoms with Gasteiger partial charge in [0.25, 0.3) is 5.91 Å². The van der Waals surface area contributed by atoms with Gasteiger partial charge in [-0.25, -0.2) is 0 Å². The van der Waals surface area contributed by atoms with Crippen molar-refractivity contribution in [3.05, 3.63) is 35.8 Å². The summed E-state index contributed by atoms with van der Waals surface area (Å²) in [5.74, 6) is -1.35. The molecule has 1 heterocycles. The standard InChI is InChI=1S/C11H10Cl3N3O2/c1-6(18)8(9(15)11(12,13)14)10(19)17-7-2-4-16-5-3-7/h2-5H,15H2,1H3,(H,16,17,19)/b9-8-. The number of carbonyl (C=O) groups excluding carboxylic acids is 2. The molecule has 0 aliphatic rings. The summed E-state index contributed by atoms with van der Waals surface area (Å²) in [7, 11) is 0. The van der Waals surface area contributed by atoms with Crippen molar-refractivity contribution in [3.63, 3.8) is 0 Å². The Morgan fingerprint density at radius 1 is 1.26 bits per heavy atom. The van der Waals surface area contributed by atoms with Crippen LogP contribution in [0.4, 0.5) is 5.69 Å². The van der Waals surface area contributed by atoms with E-state index in [4.69, 9.17) is 40.5 Å². The second kappa shape index (κ2) is 6.23. The Balaban J connectivity index is 3.09. The van der Waals surface area contributed by atoms with Crippen LogP contribution < -0.4 is 11.1 Å². The summed E-state index contributed by atoms with van der Waals surface area (Å²) in [6.07, 6.45) is 2.95. The molecule has 1 aromatic rings. The zero-order chi connectivity index (χ0) is 14.6. The summed E-state index contributed by atoms with van der Waals surface area (Å²) in [4.78, 5) is 27.2. The maximum atomic E-state index is 12.0. The van der Waals surface area contributed by atoms with Crippen LogP contribution >= 0.6 is 34.8 Å². The van der Waals surface area contributed by atoms with E-state index in [2.05, 4.69) is 10.3 Å². The average Bonchev–Trinajstić information content (AvgIpc) is 2.28. The van der Waals surface area contributed by atoms with Crippen LogP contribution in [0.15, 0.2) is 35.8 Å². The number of hydrogen-bond acceptors (Lipinski definition) is 4. The van der Waals surface area contributed by atoms with E-state index < -0.39 is 26.8 Å². The zero-order valence-electron chi connectivity index (χ0n) is 9.78. The van der Waals surface area contributed by atoms with Gasteiger partial charge in [0.1, 0.15) is 5.57 Å². The minimum Gasteiger partial charge on any atom is -0.398 e. The number of anilines is 1. The number of allylic oxidation sites excluding steroid dienone is 1. The van der Waals surface area contributed by atoms with Gasteiger partial charge in [-0.15, -0.1) is 0 Å². The number of halogens is 3. The normalized spacial score (nSPS) is 12.6. The number of nitrogens with zero attached hydrogens (tertiary/aromatic N) is 1. The lowest BCUT2D eigenvalue weighted by molar-refractivity contribution is -0.119. The Morgan fingerprint density at radius 2 is 1.79 bits per heavy atom. The molecule has 0 saturated carbocycles. The number of pyridine rings is 1. The molecule has 0 radical (unpaired) electrons. The van der Waals surface area contributed by atoms with Crippen molar-refractivity contribution in [3.8, 4) is 0 Å². The highest BCUT2D eigenvalue weighted by Gasteiger charge is 2.31. The third-order valence-corrected chi connectivity index (χ3v) is 2.70. The Morgan fingerprint density at radius 3 is 2.21 bits per heavy atom. The molecule has 19 heavy (non-hydrogen) atoms. The van der Waals surface area contributed by atoms with Crippen molar-refractivity contribution in [2.75, 3.05) is 5.32 Å². The fourth-order valence-corrected chi connectivity index (χ4v) is 1.53. The Labute approximate surface area is 124 Å². The Bertz CT molecular complexity index is 524. The highest BCUT2D eigenvalue weighted by Crippen LogP contribution is 2.33. The number of ketones is 1. The monoisotopic (exact) mass is 321 g/mol. The zero-order valence-corrected chi connectivity index (χ0v) is 12.1. The summed E-state index contributed by atoms with van der Waals surface area (Å²) >= 11 is 16.7.